The first-order chi connectivity index (χ1) is 20.0. The lowest BCUT2D eigenvalue weighted by molar-refractivity contribution is -0.252. The summed E-state index contributed by atoms with van der Waals surface area (Å²) in [4.78, 5) is 14.0. The van der Waals surface area contributed by atoms with Crippen LogP contribution in [-0.4, -0.2) is 59.7 Å². The molecule has 5 rings (SSSR count). The van der Waals surface area contributed by atoms with Gasteiger partial charge in [0, 0.05) is 38.2 Å². The highest BCUT2D eigenvalue weighted by molar-refractivity contribution is 5.68. The Kier molecular flexibility index (Phi) is 9.82. The smallest absolute Gasteiger partial charge is 0.407 e. The summed E-state index contributed by atoms with van der Waals surface area (Å²) < 4.78 is 17.9. The molecule has 4 atom stereocenters. The Hall–Kier alpha value is -3.53. The number of rotatable bonds is 10. The third-order valence-corrected chi connectivity index (χ3v) is 7.54. The number of benzene rings is 3. The van der Waals surface area contributed by atoms with Crippen molar-refractivity contribution in [3.05, 3.63) is 108 Å². The van der Waals surface area contributed by atoms with Gasteiger partial charge in [0.05, 0.1) is 24.9 Å². The molecule has 2 fully saturated rings. The molecule has 216 valence electrons. The molecule has 3 aromatic rings. The molecule has 41 heavy (non-hydrogen) atoms. The fraction of sp³-hybridized carbons (Fsp3) is 0.364. The Labute approximate surface area is 241 Å². The number of carbonyl (C=O) groups excluding carboxylic acids is 1. The number of alkyl carbamates (subject to hydrolysis) is 1. The molecule has 0 aromatic heterocycles. The minimum Gasteiger partial charge on any atom is -0.445 e. The van der Waals surface area contributed by atoms with Crippen molar-refractivity contribution in [2.75, 3.05) is 26.2 Å². The van der Waals surface area contributed by atoms with Gasteiger partial charge in [0.15, 0.2) is 6.29 Å². The number of carbonyl (C=O) groups is 1. The SMILES string of the molecule is C=CCOC(=O)NCc1cccc(-c2ccc(C3OC(CN4CCC(O)C4)CC(c4ccc(CO)cc4)O3)cc2)c1. The molecule has 0 saturated carbocycles. The lowest BCUT2D eigenvalue weighted by atomic mass is 9.99. The molecule has 3 aromatic carbocycles. The van der Waals surface area contributed by atoms with Gasteiger partial charge in [-0.3, -0.25) is 4.90 Å². The van der Waals surface area contributed by atoms with Crippen LogP contribution in [0.3, 0.4) is 0 Å². The highest BCUT2D eigenvalue weighted by Crippen LogP contribution is 2.39. The van der Waals surface area contributed by atoms with Crippen molar-refractivity contribution in [2.24, 2.45) is 0 Å². The number of hydrogen-bond acceptors (Lipinski definition) is 7. The van der Waals surface area contributed by atoms with Crippen LogP contribution in [0, 0.1) is 0 Å². The lowest BCUT2D eigenvalue weighted by Crippen LogP contribution is -2.38. The van der Waals surface area contributed by atoms with Crippen LogP contribution in [0.5, 0.6) is 0 Å². The zero-order chi connectivity index (χ0) is 28.6. The number of amides is 1. The number of nitrogens with zero attached hydrogens (tertiary/aromatic N) is 1. The predicted molar refractivity (Wildman–Crippen MR) is 156 cm³/mol. The van der Waals surface area contributed by atoms with E-state index in [9.17, 15) is 15.0 Å². The Morgan fingerprint density at radius 3 is 2.51 bits per heavy atom. The molecule has 0 aliphatic carbocycles. The zero-order valence-electron chi connectivity index (χ0n) is 23.2. The first kappa shape index (κ1) is 29.0. The Morgan fingerprint density at radius 2 is 1.80 bits per heavy atom. The zero-order valence-corrected chi connectivity index (χ0v) is 23.2. The van der Waals surface area contributed by atoms with E-state index in [1.807, 2.05) is 60.7 Å². The van der Waals surface area contributed by atoms with Gasteiger partial charge in [-0.05, 0) is 40.3 Å². The molecule has 2 aliphatic rings. The summed E-state index contributed by atoms with van der Waals surface area (Å²) in [6.07, 6.45) is 1.54. The minimum atomic E-state index is -0.532. The van der Waals surface area contributed by atoms with Crippen LogP contribution >= 0.6 is 0 Å². The summed E-state index contributed by atoms with van der Waals surface area (Å²) >= 11 is 0. The maximum Gasteiger partial charge on any atom is 0.407 e. The average Bonchev–Trinajstić information content (AvgIpc) is 3.43. The van der Waals surface area contributed by atoms with Crippen LogP contribution in [0.2, 0.25) is 0 Å². The fourth-order valence-corrected chi connectivity index (χ4v) is 5.35. The molecule has 3 N–H and O–H groups in total. The van der Waals surface area contributed by atoms with Crippen molar-refractivity contribution in [3.8, 4) is 11.1 Å². The van der Waals surface area contributed by atoms with Crippen LogP contribution in [0.25, 0.3) is 11.1 Å². The maximum absolute atomic E-state index is 11.8. The van der Waals surface area contributed by atoms with Gasteiger partial charge < -0.3 is 29.7 Å². The van der Waals surface area contributed by atoms with Gasteiger partial charge in [-0.2, -0.15) is 0 Å². The highest BCUT2D eigenvalue weighted by atomic mass is 16.7. The topological polar surface area (TPSA) is 100 Å². The molecule has 2 saturated heterocycles. The maximum atomic E-state index is 11.8. The van der Waals surface area contributed by atoms with Gasteiger partial charge in [0.2, 0.25) is 0 Å². The fourth-order valence-electron chi connectivity index (χ4n) is 5.35. The summed E-state index contributed by atoms with van der Waals surface area (Å²) in [5.74, 6) is 0. The number of aliphatic hydroxyl groups is 2. The van der Waals surface area contributed by atoms with Crippen LogP contribution in [0.4, 0.5) is 4.79 Å². The summed E-state index contributed by atoms with van der Waals surface area (Å²) in [6.45, 7) is 6.35. The van der Waals surface area contributed by atoms with E-state index in [0.29, 0.717) is 19.5 Å². The average molecular weight is 559 g/mol. The van der Waals surface area contributed by atoms with E-state index >= 15 is 0 Å². The Bertz CT molecular complexity index is 1300. The van der Waals surface area contributed by atoms with Gasteiger partial charge in [0.1, 0.15) is 6.61 Å². The van der Waals surface area contributed by atoms with Crippen LogP contribution in [0.15, 0.2) is 85.5 Å². The second-order valence-corrected chi connectivity index (χ2v) is 10.6. The van der Waals surface area contributed by atoms with Crippen LogP contribution < -0.4 is 5.32 Å². The van der Waals surface area contributed by atoms with E-state index in [-0.39, 0.29) is 31.5 Å². The molecular formula is C33H38N2O6. The van der Waals surface area contributed by atoms with E-state index in [1.165, 1.54) is 6.08 Å². The summed E-state index contributed by atoms with van der Waals surface area (Å²) in [7, 11) is 0. The van der Waals surface area contributed by atoms with Gasteiger partial charge in [-0.15, -0.1) is 0 Å². The number of β-amino-alcohol motifs (C(OH)–C–C–N with tert-alkyl or cyclic N) is 1. The van der Waals surface area contributed by atoms with E-state index in [0.717, 1.165) is 52.9 Å². The van der Waals surface area contributed by atoms with Gasteiger partial charge in [0.25, 0.3) is 0 Å². The largest absolute Gasteiger partial charge is 0.445 e. The quantitative estimate of drug-likeness (QED) is 0.305. The van der Waals surface area contributed by atoms with Gasteiger partial charge in [-0.1, -0.05) is 79.4 Å². The van der Waals surface area contributed by atoms with Crippen molar-refractivity contribution in [2.45, 2.75) is 50.6 Å². The van der Waals surface area contributed by atoms with Crippen LogP contribution in [0.1, 0.15) is 47.5 Å². The number of aliphatic hydroxyl groups excluding tert-OH is 2. The summed E-state index contributed by atoms with van der Waals surface area (Å²) in [6, 6.07) is 24.1. The van der Waals surface area contributed by atoms with E-state index < -0.39 is 12.4 Å². The van der Waals surface area contributed by atoms with E-state index in [1.54, 1.807) is 0 Å². The molecule has 1 amide bonds. The second kappa shape index (κ2) is 13.9. The lowest BCUT2D eigenvalue weighted by Gasteiger charge is -2.37. The van der Waals surface area contributed by atoms with Crippen molar-refractivity contribution >= 4 is 6.09 Å². The second-order valence-electron chi connectivity index (χ2n) is 10.6. The molecule has 2 aliphatic heterocycles. The van der Waals surface area contributed by atoms with E-state index in [4.69, 9.17) is 14.2 Å². The van der Waals surface area contributed by atoms with E-state index in [2.05, 4.69) is 28.9 Å². The summed E-state index contributed by atoms with van der Waals surface area (Å²) in [5.41, 5.74) is 5.89. The standard InChI is InChI=1S/C33H38N2O6/c1-2-16-39-33(38)34-19-24-4-3-5-28(17-24)25-10-12-27(13-11-25)32-40-30(21-35-15-14-29(37)20-35)18-31(41-32)26-8-6-23(22-36)7-9-26/h2-13,17,29-32,36-37H,1,14-16,18-22H2,(H,34,38). The first-order valence-corrected chi connectivity index (χ1v) is 14.1. The third kappa shape index (κ3) is 7.81. The highest BCUT2D eigenvalue weighted by Gasteiger charge is 2.34. The monoisotopic (exact) mass is 558 g/mol. The van der Waals surface area contributed by atoms with Crippen molar-refractivity contribution in [1.29, 1.82) is 0 Å². The molecule has 8 heteroatoms. The number of likely N-dealkylation sites (tertiary alicyclic amines) is 1. The van der Waals surface area contributed by atoms with Crippen LogP contribution in [-0.2, 0) is 27.4 Å². The molecule has 4 unspecified atom stereocenters. The Morgan fingerprint density at radius 1 is 1.02 bits per heavy atom. The number of ether oxygens (including phenoxy) is 3. The molecule has 2 heterocycles. The number of nitrogens with one attached hydrogen (secondary N) is 1. The van der Waals surface area contributed by atoms with Gasteiger partial charge >= 0.3 is 6.09 Å². The molecule has 0 bridgehead atoms. The third-order valence-electron chi connectivity index (χ3n) is 7.54. The van der Waals surface area contributed by atoms with Crippen molar-refractivity contribution < 1.29 is 29.2 Å². The molecule has 8 nitrogen and oxygen atoms in total. The minimum absolute atomic E-state index is 0.00545. The van der Waals surface area contributed by atoms with Gasteiger partial charge in [-0.25, -0.2) is 4.79 Å². The predicted octanol–water partition coefficient (Wildman–Crippen LogP) is 4.87. The normalized spacial score (nSPS) is 22.8. The summed E-state index contributed by atoms with van der Waals surface area (Å²) in [5, 5.41) is 22.2. The molecule has 0 radical (unpaired) electrons. The Balaban J connectivity index is 1.29. The number of hydrogen-bond donors (Lipinski definition) is 3. The first-order valence-electron chi connectivity index (χ1n) is 14.1. The molecule has 0 spiro atoms. The van der Waals surface area contributed by atoms with Crippen molar-refractivity contribution in [3.63, 3.8) is 0 Å². The van der Waals surface area contributed by atoms with Crippen molar-refractivity contribution in [1.82, 2.24) is 10.2 Å². The molecular weight excluding hydrogens is 520 g/mol.